The number of hydrogen-bond donors (Lipinski definition) is 0. The van der Waals surface area contributed by atoms with Crippen LogP contribution in [0.25, 0.3) is 0 Å². The Kier molecular flexibility index (Phi) is 34.2. The minimum atomic E-state index is -1.44. The minimum Gasteiger partial charge on any atom is -0.462 e. The van der Waals surface area contributed by atoms with E-state index in [1.807, 2.05) is 0 Å². The van der Waals surface area contributed by atoms with Crippen LogP contribution in [0.3, 0.4) is 0 Å². The summed E-state index contributed by atoms with van der Waals surface area (Å²) in [4.78, 5) is 28.9. The van der Waals surface area contributed by atoms with Gasteiger partial charge in [0.2, 0.25) is 0 Å². The Morgan fingerprint density at radius 1 is 0.404 bits per heavy atom. The fourth-order valence-electron chi connectivity index (χ4n) is 7.20. The Balaban J connectivity index is 2.16. The monoisotopic (exact) mass is 817 g/mol. The summed E-state index contributed by atoms with van der Waals surface area (Å²) in [6, 6.07) is 0. The molecule has 2 heterocycles. The molecule has 0 saturated carbocycles. The average molecular weight is 817 g/mol. The lowest BCUT2D eigenvalue weighted by molar-refractivity contribution is -0.181. The van der Waals surface area contributed by atoms with Gasteiger partial charge in [-0.1, -0.05) is 142 Å². The van der Waals surface area contributed by atoms with Gasteiger partial charge in [-0.05, 0) is 12.8 Å². The maximum Gasteiger partial charge on any atom is 0.323 e. The van der Waals surface area contributed by atoms with Crippen LogP contribution < -0.4 is 0 Å². The van der Waals surface area contributed by atoms with Crippen molar-refractivity contribution < 1.29 is 57.0 Å². The smallest absolute Gasteiger partial charge is 0.323 e. The van der Waals surface area contributed by atoms with Gasteiger partial charge in [-0.15, -0.1) is 0 Å². The highest BCUT2D eigenvalue weighted by molar-refractivity contribution is 6.00. The molecular formula is C45H84O12. The van der Waals surface area contributed by atoms with Crippen LogP contribution in [0.5, 0.6) is 0 Å². The van der Waals surface area contributed by atoms with Gasteiger partial charge in [0.15, 0.2) is 5.41 Å². The molecule has 2 atom stereocenters. The highest BCUT2D eigenvalue weighted by Gasteiger charge is 2.48. The first-order valence-corrected chi connectivity index (χ1v) is 23.2. The molecule has 57 heavy (non-hydrogen) atoms. The topological polar surface area (TPSA) is 126 Å². The summed E-state index contributed by atoms with van der Waals surface area (Å²) in [5, 5.41) is 0. The first-order valence-electron chi connectivity index (χ1n) is 23.2. The maximum absolute atomic E-state index is 14.5. The second-order valence-corrected chi connectivity index (χ2v) is 15.7. The van der Waals surface area contributed by atoms with Crippen molar-refractivity contribution in [1.82, 2.24) is 0 Å². The molecule has 0 aromatic carbocycles. The molecule has 12 heteroatoms. The van der Waals surface area contributed by atoms with Gasteiger partial charge in [0.05, 0.1) is 92.5 Å². The molecule has 336 valence electrons. The van der Waals surface area contributed by atoms with Crippen molar-refractivity contribution in [2.45, 2.75) is 167 Å². The summed E-state index contributed by atoms with van der Waals surface area (Å²) in [6.07, 6.45) is 22.8. The van der Waals surface area contributed by atoms with Crippen LogP contribution in [-0.2, 0) is 57.0 Å². The average Bonchev–Trinajstić information content (AvgIpc) is 3.20. The van der Waals surface area contributed by atoms with Crippen LogP contribution in [0.1, 0.15) is 155 Å². The van der Waals surface area contributed by atoms with Gasteiger partial charge in [0.1, 0.15) is 25.4 Å². The van der Waals surface area contributed by atoms with E-state index in [1.165, 1.54) is 77.0 Å². The fraction of sp³-hybridized carbons (Fsp3) is 0.956. The molecule has 2 fully saturated rings. The molecule has 12 nitrogen and oxygen atoms in total. The Morgan fingerprint density at radius 3 is 1.02 bits per heavy atom. The standard InChI is InChI=1S/C45H84O12/c1-3-5-7-9-11-13-15-17-19-21-23-45(24-22-20-18-16-14-12-10-8-6-4-2,43(46)56-39-41-37-52-31-29-48-25-27-50-33-35-54-41)44(47)57-40-42-38-53-32-30-49-26-28-51-34-36-55-42/h41-42H,3-40H2,1-2H3. The molecule has 2 unspecified atom stereocenters. The predicted octanol–water partition coefficient (Wildman–Crippen LogP) is 8.58. The van der Waals surface area contributed by atoms with Crippen molar-refractivity contribution in [3.05, 3.63) is 0 Å². The number of rotatable bonds is 28. The molecule has 0 aromatic heterocycles. The van der Waals surface area contributed by atoms with E-state index in [1.54, 1.807) is 0 Å². The van der Waals surface area contributed by atoms with E-state index in [9.17, 15) is 9.59 Å². The van der Waals surface area contributed by atoms with Gasteiger partial charge in [-0.25, -0.2) is 0 Å². The van der Waals surface area contributed by atoms with E-state index < -0.39 is 29.6 Å². The zero-order chi connectivity index (χ0) is 40.8. The molecule has 2 aliphatic heterocycles. The molecule has 0 N–H and O–H groups in total. The molecule has 2 aliphatic rings. The van der Waals surface area contributed by atoms with Gasteiger partial charge in [-0.2, -0.15) is 0 Å². The van der Waals surface area contributed by atoms with Crippen LogP contribution in [0, 0.1) is 5.41 Å². The zero-order valence-corrected chi connectivity index (χ0v) is 36.4. The SMILES string of the molecule is CCCCCCCCCCCCC(CCCCCCCCCCCC)(C(=O)OCC1COCCOCCOCCO1)C(=O)OCC1COCCOCCOCCO1. The van der Waals surface area contributed by atoms with Crippen LogP contribution >= 0.6 is 0 Å². The van der Waals surface area contributed by atoms with Crippen molar-refractivity contribution in [2.75, 3.05) is 106 Å². The quantitative estimate of drug-likeness (QED) is 0.0427. The lowest BCUT2D eigenvalue weighted by Gasteiger charge is -2.31. The number of esters is 2. The number of ether oxygens (including phenoxy) is 10. The molecular weight excluding hydrogens is 732 g/mol. The van der Waals surface area contributed by atoms with E-state index >= 15 is 0 Å². The Morgan fingerprint density at radius 2 is 0.684 bits per heavy atom. The van der Waals surface area contributed by atoms with Gasteiger partial charge in [0.25, 0.3) is 0 Å². The summed E-state index contributed by atoms with van der Waals surface area (Å²) in [5.41, 5.74) is -1.44. The first-order chi connectivity index (χ1) is 28.1. The van der Waals surface area contributed by atoms with Crippen molar-refractivity contribution >= 4 is 11.9 Å². The Hall–Kier alpha value is -1.38. The fourth-order valence-corrected chi connectivity index (χ4v) is 7.20. The molecule has 0 bridgehead atoms. The van der Waals surface area contributed by atoms with Crippen LogP contribution in [0.15, 0.2) is 0 Å². The van der Waals surface area contributed by atoms with Crippen LogP contribution in [0.4, 0.5) is 0 Å². The maximum atomic E-state index is 14.5. The molecule has 0 aliphatic carbocycles. The van der Waals surface area contributed by atoms with E-state index in [-0.39, 0.29) is 26.4 Å². The van der Waals surface area contributed by atoms with Gasteiger partial charge in [0, 0.05) is 0 Å². The van der Waals surface area contributed by atoms with Crippen molar-refractivity contribution in [2.24, 2.45) is 5.41 Å². The van der Waals surface area contributed by atoms with E-state index in [2.05, 4.69) is 13.8 Å². The predicted molar refractivity (Wildman–Crippen MR) is 222 cm³/mol. The zero-order valence-electron chi connectivity index (χ0n) is 36.4. The highest BCUT2D eigenvalue weighted by atomic mass is 16.6. The second-order valence-electron chi connectivity index (χ2n) is 15.7. The van der Waals surface area contributed by atoms with Gasteiger partial charge >= 0.3 is 11.9 Å². The molecule has 2 saturated heterocycles. The Bertz CT molecular complexity index is 825. The lowest BCUT2D eigenvalue weighted by atomic mass is 9.77. The van der Waals surface area contributed by atoms with Gasteiger partial charge < -0.3 is 47.4 Å². The largest absolute Gasteiger partial charge is 0.462 e. The number of unbranched alkanes of at least 4 members (excludes halogenated alkanes) is 18. The van der Waals surface area contributed by atoms with Crippen molar-refractivity contribution in [3.63, 3.8) is 0 Å². The summed E-state index contributed by atoms with van der Waals surface area (Å²) in [5.74, 6) is -1.09. The molecule has 0 amide bonds. The number of carbonyl (C=O) groups is 2. The lowest BCUT2D eigenvalue weighted by Crippen LogP contribution is -2.44. The minimum absolute atomic E-state index is 0.0353. The third-order valence-electron chi connectivity index (χ3n) is 10.8. The third-order valence-corrected chi connectivity index (χ3v) is 10.8. The Labute approximate surface area is 346 Å². The van der Waals surface area contributed by atoms with E-state index in [0.717, 1.165) is 51.4 Å². The number of carbonyl (C=O) groups excluding carboxylic acids is 2. The number of hydrogen-bond acceptors (Lipinski definition) is 12. The normalized spacial score (nSPS) is 20.0. The van der Waals surface area contributed by atoms with Crippen molar-refractivity contribution in [3.8, 4) is 0 Å². The molecule has 2 rings (SSSR count). The summed E-state index contributed by atoms with van der Waals surface area (Å²) in [6.45, 7) is 9.98. The summed E-state index contributed by atoms with van der Waals surface area (Å²) in [7, 11) is 0. The second kappa shape index (κ2) is 37.6. The summed E-state index contributed by atoms with van der Waals surface area (Å²) < 4.78 is 58.0. The molecule has 0 spiro atoms. The summed E-state index contributed by atoms with van der Waals surface area (Å²) >= 11 is 0. The third kappa shape index (κ3) is 27.2. The highest BCUT2D eigenvalue weighted by Crippen LogP contribution is 2.36. The van der Waals surface area contributed by atoms with E-state index in [0.29, 0.717) is 92.1 Å². The van der Waals surface area contributed by atoms with Crippen LogP contribution in [0.2, 0.25) is 0 Å². The van der Waals surface area contributed by atoms with Gasteiger partial charge in [-0.3, -0.25) is 9.59 Å². The van der Waals surface area contributed by atoms with Crippen LogP contribution in [-0.4, -0.2) is 130 Å². The molecule has 0 aromatic rings. The first kappa shape index (κ1) is 51.8. The van der Waals surface area contributed by atoms with Crippen molar-refractivity contribution in [1.29, 1.82) is 0 Å². The molecule has 0 radical (unpaired) electrons. The van der Waals surface area contributed by atoms with E-state index in [4.69, 9.17) is 47.4 Å².